The van der Waals surface area contributed by atoms with Gasteiger partial charge in [0.05, 0.1) is 0 Å². The van der Waals surface area contributed by atoms with Crippen molar-refractivity contribution in [2.75, 3.05) is 0 Å². The second-order valence-corrected chi connectivity index (χ2v) is 3.41. The minimum atomic E-state index is 1.17. The quantitative estimate of drug-likeness (QED) is 0.410. The van der Waals surface area contributed by atoms with Crippen LogP contribution in [0.15, 0.2) is 36.0 Å². The topological polar surface area (TPSA) is 0 Å². The first-order valence-corrected chi connectivity index (χ1v) is 5.20. The number of hydrogen-bond acceptors (Lipinski definition) is 0. The zero-order chi connectivity index (χ0) is 10.1. The Hall–Kier alpha value is -0.780. The minimum absolute atomic E-state index is 1.17. The lowest BCUT2D eigenvalue weighted by molar-refractivity contribution is 0.719. The Balaban J connectivity index is 4.02. The van der Waals surface area contributed by atoms with Crippen molar-refractivity contribution >= 4 is 0 Å². The van der Waals surface area contributed by atoms with E-state index in [4.69, 9.17) is 0 Å². The molecule has 0 aliphatic carbocycles. The summed E-state index contributed by atoms with van der Waals surface area (Å²) in [5.41, 5.74) is 2.69. The largest absolute Gasteiger partial charge is 0.0988 e. The molecule has 0 spiro atoms. The van der Waals surface area contributed by atoms with Gasteiger partial charge in [-0.1, -0.05) is 50.1 Å². The molecule has 0 fully saturated rings. The maximum absolute atomic E-state index is 3.83. The number of rotatable bonds is 6. The molecule has 0 aromatic carbocycles. The predicted octanol–water partition coefficient (Wildman–Crippen LogP) is 4.65. The van der Waals surface area contributed by atoms with Crippen molar-refractivity contribution in [3.05, 3.63) is 36.0 Å². The van der Waals surface area contributed by atoms with Crippen LogP contribution in [-0.2, 0) is 0 Å². The lowest BCUT2D eigenvalue weighted by Crippen LogP contribution is -1.81. The van der Waals surface area contributed by atoms with Crippen molar-refractivity contribution in [3.8, 4) is 0 Å². The molecule has 0 aromatic rings. The van der Waals surface area contributed by atoms with Crippen molar-refractivity contribution in [2.24, 2.45) is 0 Å². The van der Waals surface area contributed by atoms with E-state index < -0.39 is 0 Å². The number of hydrogen-bond donors (Lipinski definition) is 0. The summed E-state index contributed by atoms with van der Waals surface area (Å²) in [7, 11) is 0. The molecule has 0 heterocycles. The standard InChI is InChI=1S/C13H22/c1-5-8-9-10-13(7-3)11-12(4)6-2/h6-7,11H,3,5,8-10H2,1-2,4H3/b12-6-,13-11+. The Bertz CT molecular complexity index is 194. The average Bonchev–Trinajstić information content (AvgIpc) is 2.16. The van der Waals surface area contributed by atoms with Gasteiger partial charge in [-0.3, -0.25) is 0 Å². The first kappa shape index (κ1) is 12.2. The SMILES string of the molecule is C=C/C(=C\C(C)=C/C)CCCCC. The second-order valence-electron chi connectivity index (χ2n) is 3.41. The van der Waals surface area contributed by atoms with Crippen LogP contribution in [-0.4, -0.2) is 0 Å². The Morgan fingerprint density at radius 2 is 2.00 bits per heavy atom. The van der Waals surface area contributed by atoms with Gasteiger partial charge in [0.15, 0.2) is 0 Å². The first-order chi connectivity index (χ1) is 6.24. The summed E-state index contributed by atoms with van der Waals surface area (Å²) in [5, 5.41) is 0. The number of unbranched alkanes of at least 4 members (excludes halogenated alkanes) is 2. The molecule has 0 aromatic heterocycles. The van der Waals surface area contributed by atoms with Crippen LogP contribution in [0.1, 0.15) is 46.5 Å². The van der Waals surface area contributed by atoms with Crippen molar-refractivity contribution in [3.63, 3.8) is 0 Å². The first-order valence-electron chi connectivity index (χ1n) is 5.20. The molecule has 0 rings (SSSR count). The molecule has 13 heavy (non-hydrogen) atoms. The van der Waals surface area contributed by atoms with E-state index >= 15 is 0 Å². The zero-order valence-corrected chi connectivity index (χ0v) is 9.27. The lowest BCUT2D eigenvalue weighted by Gasteiger charge is -2.01. The molecule has 0 aliphatic rings. The Labute approximate surface area is 83.0 Å². The van der Waals surface area contributed by atoms with E-state index in [0.717, 1.165) is 0 Å². The summed E-state index contributed by atoms with van der Waals surface area (Å²) < 4.78 is 0. The monoisotopic (exact) mass is 178 g/mol. The van der Waals surface area contributed by atoms with Gasteiger partial charge in [0.2, 0.25) is 0 Å². The fraction of sp³-hybridized carbons (Fsp3) is 0.538. The van der Waals surface area contributed by atoms with E-state index in [0.29, 0.717) is 0 Å². The van der Waals surface area contributed by atoms with E-state index in [1.807, 2.05) is 6.08 Å². The van der Waals surface area contributed by atoms with E-state index in [1.54, 1.807) is 0 Å². The van der Waals surface area contributed by atoms with Crippen molar-refractivity contribution in [1.82, 2.24) is 0 Å². The van der Waals surface area contributed by atoms with Crippen LogP contribution in [0.3, 0.4) is 0 Å². The third-order valence-electron chi connectivity index (χ3n) is 2.20. The van der Waals surface area contributed by atoms with Crippen molar-refractivity contribution in [1.29, 1.82) is 0 Å². The Morgan fingerprint density at radius 1 is 1.31 bits per heavy atom. The third-order valence-corrected chi connectivity index (χ3v) is 2.20. The van der Waals surface area contributed by atoms with E-state index in [-0.39, 0.29) is 0 Å². The van der Waals surface area contributed by atoms with Gasteiger partial charge in [-0.25, -0.2) is 0 Å². The van der Waals surface area contributed by atoms with Crippen LogP contribution < -0.4 is 0 Å². The number of allylic oxidation sites excluding steroid dienone is 5. The highest BCUT2D eigenvalue weighted by atomic mass is 14.0. The summed E-state index contributed by atoms with van der Waals surface area (Å²) in [6, 6.07) is 0. The molecule has 0 aliphatic heterocycles. The molecule has 0 nitrogen and oxygen atoms in total. The molecule has 0 saturated carbocycles. The Kier molecular flexibility index (Phi) is 7.38. The van der Waals surface area contributed by atoms with Crippen LogP contribution in [0, 0.1) is 0 Å². The molecule has 0 unspecified atom stereocenters. The average molecular weight is 178 g/mol. The normalized spacial score (nSPS) is 13.2. The highest BCUT2D eigenvalue weighted by molar-refractivity contribution is 5.27. The fourth-order valence-electron chi connectivity index (χ4n) is 1.19. The molecule has 0 radical (unpaired) electrons. The van der Waals surface area contributed by atoms with E-state index in [9.17, 15) is 0 Å². The van der Waals surface area contributed by atoms with Gasteiger partial charge in [0, 0.05) is 0 Å². The van der Waals surface area contributed by atoms with Crippen LogP contribution in [0.25, 0.3) is 0 Å². The van der Waals surface area contributed by atoms with Crippen LogP contribution in [0.4, 0.5) is 0 Å². The van der Waals surface area contributed by atoms with Crippen LogP contribution >= 0.6 is 0 Å². The van der Waals surface area contributed by atoms with E-state index in [2.05, 4.69) is 39.5 Å². The van der Waals surface area contributed by atoms with Gasteiger partial charge >= 0.3 is 0 Å². The molecule has 0 atom stereocenters. The molecule has 0 amide bonds. The molecule has 0 N–H and O–H groups in total. The smallest absolute Gasteiger partial charge is 0.0279 e. The van der Waals surface area contributed by atoms with Crippen molar-refractivity contribution < 1.29 is 0 Å². The molecular formula is C13H22. The summed E-state index contributed by atoms with van der Waals surface area (Å²) in [5.74, 6) is 0. The summed E-state index contributed by atoms with van der Waals surface area (Å²) in [4.78, 5) is 0. The van der Waals surface area contributed by atoms with Crippen LogP contribution in [0.5, 0.6) is 0 Å². The van der Waals surface area contributed by atoms with Gasteiger partial charge in [-0.05, 0) is 32.3 Å². The molecule has 0 heteroatoms. The fourth-order valence-corrected chi connectivity index (χ4v) is 1.19. The van der Waals surface area contributed by atoms with Gasteiger partial charge in [-0.15, -0.1) is 0 Å². The molecule has 74 valence electrons. The Morgan fingerprint density at radius 3 is 2.46 bits per heavy atom. The summed E-state index contributed by atoms with van der Waals surface area (Å²) in [6.07, 6.45) is 11.4. The molecule has 0 saturated heterocycles. The lowest BCUT2D eigenvalue weighted by atomic mass is 10.1. The third kappa shape index (κ3) is 6.39. The maximum Gasteiger partial charge on any atom is -0.0279 e. The van der Waals surface area contributed by atoms with Gasteiger partial charge < -0.3 is 0 Å². The summed E-state index contributed by atoms with van der Waals surface area (Å²) in [6.45, 7) is 10.3. The maximum atomic E-state index is 3.83. The van der Waals surface area contributed by atoms with Gasteiger partial charge in [0.1, 0.15) is 0 Å². The summed E-state index contributed by atoms with van der Waals surface area (Å²) >= 11 is 0. The second kappa shape index (κ2) is 7.85. The highest BCUT2D eigenvalue weighted by Gasteiger charge is 1.92. The molecule has 0 bridgehead atoms. The predicted molar refractivity (Wildman–Crippen MR) is 61.9 cm³/mol. The van der Waals surface area contributed by atoms with Crippen LogP contribution in [0.2, 0.25) is 0 Å². The van der Waals surface area contributed by atoms with Gasteiger partial charge in [-0.2, -0.15) is 0 Å². The highest BCUT2D eigenvalue weighted by Crippen LogP contribution is 2.12. The molecular weight excluding hydrogens is 156 g/mol. The van der Waals surface area contributed by atoms with Crippen molar-refractivity contribution in [2.45, 2.75) is 46.5 Å². The van der Waals surface area contributed by atoms with Gasteiger partial charge in [0.25, 0.3) is 0 Å². The minimum Gasteiger partial charge on any atom is -0.0988 e. The zero-order valence-electron chi connectivity index (χ0n) is 9.27. The van der Waals surface area contributed by atoms with E-state index in [1.165, 1.54) is 36.8 Å².